The third kappa shape index (κ3) is 8.73. The average molecular weight is 634 g/mol. The minimum absolute atomic E-state index is 0.116. The second-order valence-electron chi connectivity index (χ2n) is 9.60. The third-order valence-corrected chi connectivity index (χ3v) is 9.78. The van der Waals surface area contributed by atoms with Crippen LogP contribution in [0.3, 0.4) is 0 Å². The van der Waals surface area contributed by atoms with Crippen LogP contribution in [-0.2, 0) is 16.3 Å². The van der Waals surface area contributed by atoms with E-state index < -0.39 is 0 Å². The molecule has 1 aromatic heterocycles. The maximum atomic E-state index is 13.8. The van der Waals surface area contributed by atoms with Gasteiger partial charge in [0, 0.05) is 34.3 Å². The average Bonchev–Trinajstić information content (AvgIpc) is 3.46. The monoisotopic (exact) mass is 633 g/mol. The Morgan fingerprint density at radius 3 is 2.28 bits per heavy atom. The molecule has 0 aliphatic carbocycles. The van der Waals surface area contributed by atoms with E-state index in [2.05, 4.69) is 22.8 Å². The number of nitrogens with zero attached hydrogens (tertiary/aromatic N) is 1. The van der Waals surface area contributed by atoms with E-state index in [9.17, 15) is 9.18 Å². The number of aromatic nitrogens is 1. The molecule has 4 aromatic carbocycles. The molecule has 6 nitrogen and oxygen atoms in total. The van der Waals surface area contributed by atoms with E-state index in [1.807, 2.05) is 66.4 Å². The highest BCUT2D eigenvalue weighted by molar-refractivity contribution is 7.98. The van der Waals surface area contributed by atoms with Gasteiger partial charge in [0.05, 0.1) is 36.7 Å². The summed E-state index contributed by atoms with van der Waals surface area (Å²) in [6.07, 6.45) is 0. The summed E-state index contributed by atoms with van der Waals surface area (Å²) in [6.45, 7) is 0.923. The van der Waals surface area contributed by atoms with Crippen LogP contribution in [0.4, 0.5) is 10.1 Å². The van der Waals surface area contributed by atoms with Crippen molar-refractivity contribution in [3.63, 3.8) is 0 Å². The molecule has 0 radical (unpaired) electrons. The molecule has 0 bridgehead atoms. The number of halogens is 1. The molecule has 1 amide bonds. The van der Waals surface area contributed by atoms with Crippen LogP contribution >= 0.6 is 34.9 Å². The van der Waals surface area contributed by atoms with E-state index in [0.717, 1.165) is 72.2 Å². The Kier molecular flexibility index (Phi) is 10.9. The molecular weight excluding hydrogens is 602 g/mol. The van der Waals surface area contributed by atoms with Crippen molar-refractivity contribution in [1.29, 1.82) is 0 Å². The van der Waals surface area contributed by atoms with Gasteiger partial charge in [-0.25, -0.2) is 9.37 Å². The number of hydrogen-bond donors (Lipinski definition) is 2. The zero-order valence-electron chi connectivity index (χ0n) is 23.9. The molecule has 0 atom stereocenters. The Morgan fingerprint density at radius 1 is 0.884 bits per heavy atom. The maximum absolute atomic E-state index is 13.8. The first kappa shape index (κ1) is 30.9. The molecule has 0 aliphatic heterocycles. The SMILES string of the molecule is COc1ccc(CSCCNCC(=O)Nc2cc(-c3nc4ccc(F)cc4s3)ccc2SCc2ccc(OC)cc2)cc1. The van der Waals surface area contributed by atoms with Crippen LogP contribution in [0.2, 0.25) is 0 Å². The van der Waals surface area contributed by atoms with E-state index in [4.69, 9.17) is 14.5 Å². The Hall–Kier alpha value is -3.57. The van der Waals surface area contributed by atoms with E-state index in [1.165, 1.54) is 29.0 Å². The summed E-state index contributed by atoms with van der Waals surface area (Å²) in [4.78, 5) is 18.6. The fourth-order valence-electron chi connectivity index (χ4n) is 4.24. The molecule has 0 fully saturated rings. The number of carbonyl (C=O) groups is 1. The van der Waals surface area contributed by atoms with Crippen molar-refractivity contribution < 1.29 is 18.7 Å². The highest BCUT2D eigenvalue weighted by Gasteiger charge is 2.13. The number of thioether (sulfide) groups is 2. The molecule has 0 spiro atoms. The number of hydrogen-bond acceptors (Lipinski definition) is 8. The predicted molar refractivity (Wildman–Crippen MR) is 178 cm³/mol. The smallest absolute Gasteiger partial charge is 0.238 e. The number of amides is 1. The Labute approximate surface area is 263 Å². The number of methoxy groups -OCH3 is 2. The quantitative estimate of drug-likeness (QED) is 0.0953. The van der Waals surface area contributed by atoms with Gasteiger partial charge in [-0.05, 0) is 65.7 Å². The van der Waals surface area contributed by atoms with Crippen LogP contribution in [0.1, 0.15) is 11.1 Å². The molecular formula is C33H32FN3O3S3. The van der Waals surface area contributed by atoms with Crippen LogP contribution in [0.5, 0.6) is 11.5 Å². The first-order chi connectivity index (χ1) is 21.0. The number of carbonyl (C=O) groups excluding carboxylic acids is 1. The Morgan fingerprint density at radius 2 is 1.58 bits per heavy atom. The van der Waals surface area contributed by atoms with Crippen LogP contribution < -0.4 is 20.1 Å². The summed E-state index contributed by atoms with van der Waals surface area (Å²) in [5.74, 6) is 3.78. The molecule has 0 aliphatic rings. The number of rotatable bonds is 14. The summed E-state index contributed by atoms with van der Waals surface area (Å²) in [6, 6.07) is 26.6. The van der Waals surface area contributed by atoms with Crippen LogP contribution in [0.15, 0.2) is 89.8 Å². The molecule has 43 heavy (non-hydrogen) atoms. The van der Waals surface area contributed by atoms with Crippen molar-refractivity contribution in [1.82, 2.24) is 10.3 Å². The number of thiazole rings is 1. The zero-order chi connectivity index (χ0) is 30.0. The molecule has 0 unspecified atom stereocenters. The topological polar surface area (TPSA) is 72.5 Å². The predicted octanol–water partition coefficient (Wildman–Crippen LogP) is 7.87. The van der Waals surface area contributed by atoms with Gasteiger partial charge >= 0.3 is 0 Å². The van der Waals surface area contributed by atoms with Crippen molar-refractivity contribution in [2.45, 2.75) is 16.4 Å². The van der Waals surface area contributed by atoms with Crippen molar-refractivity contribution in [3.05, 3.63) is 102 Å². The third-order valence-electron chi connectivity index (χ3n) is 6.54. The van der Waals surface area contributed by atoms with E-state index >= 15 is 0 Å². The second-order valence-corrected chi connectivity index (χ2v) is 12.8. The lowest BCUT2D eigenvalue weighted by Crippen LogP contribution is -2.29. The maximum Gasteiger partial charge on any atom is 0.238 e. The molecule has 1 heterocycles. The highest BCUT2D eigenvalue weighted by Crippen LogP contribution is 2.37. The minimum atomic E-state index is -0.285. The van der Waals surface area contributed by atoms with Gasteiger partial charge in [0.25, 0.3) is 0 Å². The first-order valence-electron chi connectivity index (χ1n) is 13.7. The van der Waals surface area contributed by atoms with Gasteiger partial charge in [-0.2, -0.15) is 11.8 Å². The second kappa shape index (κ2) is 15.2. The van der Waals surface area contributed by atoms with Crippen molar-refractivity contribution >= 4 is 56.7 Å². The van der Waals surface area contributed by atoms with E-state index in [0.29, 0.717) is 0 Å². The largest absolute Gasteiger partial charge is 0.497 e. The summed E-state index contributed by atoms with van der Waals surface area (Å²) in [5.41, 5.74) is 4.73. The summed E-state index contributed by atoms with van der Waals surface area (Å²) >= 11 is 4.89. The number of fused-ring (bicyclic) bond motifs is 1. The van der Waals surface area contributed by atoms with Crippen LogP contribution in [0.25, 0.3) is 20.8 Å². The highest BCUT2D eigenvalue weighted by atomic mass is 32.2. The molecule has 222 valence electrons. The van der Waals surface area contributed by atoms with E-state index in [-0.39, 0.29) is 18.3 Å². The lowest BCUT2D eigenvalue weighted by Gasteiger charge is -2.13. The summed E-state index contributed by atoms with van der Waals surface area (Å²) in [7, 11) is 3.31. The number of benzene rings is 4. The fraction of sp³-hybridized carbons (Fsp3) is 0.212. The number of anilines is 1. The van der Waals surface area contributed by atoms with Crippen LogP contribution in [-0.4, -0.2) is 44.0 Å². The number of ether oxygens (including phenoxy) is 2. The van der Waals surface area contributed by atoms with Gasteiger partial charge in [0.1, 0.15) is 22.3 Å². The standard InChI is InChI=1S/C33H32FN3O3S3/c1-39-26-9-3-22(4-10-26)20-41-16-15-35-19-32(38)36-29-17-24(33-37-28-13-8-25(34)18-31(28)43-33)7-14-30(29)42-21-23-5-11-27(40-2)12-6-23/h3-14,17-18,35H,15-16,19-21H2,1-2H3,(H,36,38). The van der Waals surface area contributed by atoms with Gasteiger partial charge < -0.3 is 20.1 Å². The molecule has 5 rings (SSSR count). The van der Waals surface area contributed by atoms with Gasteiger partial charge in [0.2, 0.25) is 5.91 Å². The van der Waals surface area contributed by atoms with Gasteiger partial charge in [-0.3, -0.25) is 4.79 Å². The molecule has 10 heteroatoms. The Bertz CT molecular complexity index is 1660. The number of nitrogens with one attached hydrogen (secondary N) is 2. The zero-order valence-corrected chi connectivity index (χ0v) is 26.3. The lowest BCUT2D eigenvalue weighted by atomic mass is 10.2. The van der Waals surface area contributed by atoms with Gasteiger partial charge in [-0.1, -0.05) is 30.3 Å². The summed E-state index contributed by atoms with van der Waals surface area (Å²) in [5, 5.41) is 7.12. The van der Waals surface area contributed by atoms with Crippen LogP contribution in [0, 0.1) is 5.82 Å². The lowest BCUT2D eigenvalue weighted by molar-refractivity contribution is -0.115. The molecule has 0 saturated carbocycles. The van der Waals surface area contributed by atoms with Crippen molar-refractivity contribution in [2.24, 2.45) is 0 Å². The first-order valence-corrected chi connectivity index (χ1v) is 16.6. The van der Waals surface area contributed by atoms with Crippen molar-refractivity contribution in [2.75, 3.05) is 38.4 Å². The molecule has 0 saturated heterocycles. The van der Waals surface area contributed by atoms with Gasteiger partial charge in [0.15, 0.2) is 0 Å². The van der Waals surface area contributed by atoms with Crippen molar-refractivity contribution in [3.8, 4) is 22.1 Å². The van der Waals surface area contributed by atoms with E-state index in [1.54, 1.807) is 32.0 Å². The Balaban J connectivity index is 1.21. The molecule has 2 N–H and O–H groups in total. The fourth-order valence-corrected chi connectivity index (χ4v) is 7.04. The normalized spacial score (nSPS) is 11.0. The minimum Gasteiger partial charge on any atom is -0.497 e. The summed E-state index contributed by atoms with van der Waals surface area (Å²) < 4.78 is 25.0. The molecule has 5 aromatic rings. The van der Waals surface area contributed by atoms with Gasteiger partial charge in [-0.15, -0.1) is 23.1 Å².